The lowest BCUT2D eigenvalue weighted by molar-refractivity contribution is -0.0164. The molecule has 1 aromatic heterocycles. The van der Waals surface area contributed by atoms with Crippen LogP contribution in [0.4, 0.5) is 8.78 Å². The summed E-state index contributed by atoms with van der Waals surface area (Å²) in [4.78, 5) is 10.5. The summed E-state index contributed by atoms with van der Waals surface area (Å²) in [5.74, 6) is -4.34. The van der Waals surface area contributed by atoms with Crippen LogP contribution in [0.5, 0.6) is 0 Å². The van der Waals surface area contributed by atoms with Gasteiger partial charge >= 0.3 is 5.97 Å². The molecular formula is C8H10F2N2O2. The molecule has 1 aromatic rings. The van der Waals surface area contributed by atoms with E-state index in [1.807, 2.05) is 0 Å². The number of hydrogen-bond acceptors (Lipinski definition) is 2. The molecule has 0 fully saturated rings. The van der Waals surface area contributed by atoms with Crippen LogP contribution < -0.4 is 0 Å². The van der Waals surface area contributed by atoms with E-state index in [1.165, 1.54) is 14.0 Å². The zero-order valence-electron chi connectivity index (χ0n) is 7.79. The van der Waals surface area contributed by atoms with Gasteiger partial charge in [0.1, 0.15) is 5.69 Å². The van der Waals surface area contributed by atoms with Crippen LogP contribution in [0.2, 0.25) is 0 Å². The van der Waals surface area contributed by atoms with E-state index in [9.17, 15) is 13.6 Å². The Morgan fingerprint density at radius 1 is 1.71 bits per heavy atom. The number of carbonyl (C=O) groups is 1. The fourth-order valence-electron chi connectivity index (χ4n) is 1.10. The zero-order valence-corrected chi connectivity index (χ0v) is 7.79. The van der Waals surface area contributed by atoms with Gasteiger partial charge in [-0.05, 0) is 0 Å². The van der Waals surface area contributed by atoms with Crippen LogP contribution in [0.1, 0.15) is 29.5 Å². The van der Waals surface area contributed by atoms with Gasteiger partial charge in [-0.1, -0.05) is 6.92 Å². The van der Waals surface area contributed by atoms with Gasteiger partial charge in [0, 0.05) is 19.5 Å². The molecule has 78 valence electrons. The minimum atomic E-state index is -3.03. The smallest absolute Gasteiger partial charge is 0.356 e. The Bertz CT molecular complexity index is 360. The molecular weight excluding hydrogens is 194 g/mol. The number of halogens is 2. The van der Waals surface area contributed by atoms with E-state index < -0.39 is 11.9 Å². The molecule has 6 heteroatoms. The molecule has 1 heterocycles. The summed E-state index contributed by atoms with van der Waals surface area (Å²) in [7, 11) is 1.30. The molecule has 0 spiro atoms. The molecule has 14 heavy (non-hydrogen) atoms. The Morgan fingerprint density at radius 2 is 2.29 bits per heavy atom. The van der Waals surface area contributed by atoms with E-state index in [-0.39, 0.29) is 17.8 Å². The van der Waals surface area contributed by atoms with Crippen LogP contribution in [0.3, 0.4) is 0 Å². The summed E-state index contributed by atoms with van der Waals surface area (Å²) in [6.07, 6.45) is -0.383. The van der Waals surface area contributed by atoms with Gasteiger partial charge in [0.2, 0.25) is 0 Å². The number of rotatable bonds is 3. The average molecular weight is 204 g/mol. The largest absolute Gasteiger partial charge is 0.476 e. The third-order valence-electron chi connectivity index (χ3n) is 1.92. The van der Waals surface area contributed by atoms with Crippen molar-refractivity contribution in [3.8, 4) is 0 Å². The van der Waals surface area contributed by atoms with Crippen LogP contribution in [0.25, 0.3) is 0 Å². The van der Waals surface area contributed by atoms with Crippen molar-refractivity contribution >= 4 is 5.97 Å². The lowest BCUT2D eigenvalue weighted by Crippen LogP contribution is -2.16. The van der Waals surface area contributed by atoms with Crippen LogP contribution in [-0.2, 0) is 13.0 Å². The molecule has 0 saturated heterocycles. The van der Waals surface area contributed by atoms with Crippen molar-refractivity contribution in [3.05, 3.63) is 17.5 Å². The minimum absolute atomic E-state index is 0.365. The molecule has 0 unspecified atom stereocenters. The molecule has 1 N–H and O–H groups in total. The first-order chi connectivity index (χ1) is 6.38. The van der Waals surface area contributed by atoms with Gasteiger partial charge in [-0.15, -0.1) is 0 Å². The number of aromatic carboxylic acids is 1. The highest BCUT2D eigenvalue weighted by molar-refractivity contribution is 5.85. The molecule has 0 saturated carbocycles. The molecule has 0 aliphatic carbocycles. The van der Waals surface area contributed by atoms with Gasteiger partial charge in [-0.2, -0.15) is 13.9 Å². The summed E-state index contributed by atoms with van der Waals surface area (Å²) in [5, 5.41) is 12.0. The first-order valence-electron chi connectivity index (χ1n) is 4.04. The maximum Gasteiger partial charge on any atom is 0.356 e. The number of aromatic nitrogens is 2. The van der Waals surface area contributed by atoms with Gasteiger partial charge in [0.25, 0.3) is 5.92 Å². The summed E-state index contributed by atoms with van der Waals surface area (Å²) >= 11 is 0. The Morgan fingerprint density at radius 3 is 2.64 bits per heavy atom. The maximum atomic E-state index is 13.2. The van der Waals surface area contributed by atoms with E-state index in [2.05, 4.69) is 5.10 Å². The predicted molar refractivity (Wildman–Crippen MR) is 44.4 cm³/mol. The van der Waals surface area contributed by atoms with E-state index in [0.717, 1.165) is 10.7 Å². The van der Waals surface area contributed by atoms with Gasteiger partial charge in [-0.3, -0.25) is 4.68 Å². The highest BCUT2D eigenvalue weighted by Gasteiger charge is 2.33. The highest BCUT2D eigenvalue weighted by Crippen LogP contribution is 2.31. The minimum Gasteiger partial charge on any atom is -0.476 e. The molecule has 0 aliphatic rings. The number of alkyl halides is 2. The first kappa shape index (κ1) is 10.6. The number of carboxylic acids is 1. The predicted octanol–water partition coefficient (Wildman–Crippen LogP) is 1.62. The molecule has 1 rings (SSSR count). The third-order valence-corrected chi connectivity index (χ3v) is 1.92. The lowest BCUT2D eigenvalue weighted by Gasteiger charge is -2.13. The fourth-order valence-corrected chi connectivity index (χ4v) is 1.10. The second kappa shape index (κ2) is 3.36. The number of aryl methyl sites for hydroxylation is 1. The monoisotopic (exact) mass is 204 g/mol. The Hall–Kier alpha value is -1.46. The average Bonchev–Trinajstić information content (AvgIpc) is 2.48. The van der Waals surface area contributed by atoms with Crippen molar-refractivity contribution in [1.29, 1.82) is 0 Å². The Labute approximate surface area is 79.2 Å². The fraction of sp³-hybridized carbons (Fsp3) is 0.500. The summed E-state index contributed by atoms with van der Waals surface area (Å²) in [6.45, 7) is 1.33. The van der Waals surface area contributed by atoms with Gasteiger partial charge in [0.05, 0.1) is 0 Å². The van der Waals surface area contributed by atoms with Crippen LogP contribution in [0, 0.1) is 0 Å². The molecule has 0 amide bonds. The SMILES string of the molecule is CCC(F)(F)c1cc(C(=O)O)nn1C. The molecule has 0 atom stereocenters. The maximum absolute atomic E-state index is 13.2. The summed E-state index contributed by atoms with van der Waals surface area (Å²) in [5.41, 5.74) is -0.743. The summed E-state index contributed by atoms with van der Waals surface area (Å²) in [6, 6.07) is 0.895. The van der Waals surface area contributed by atoms with Crippen LogP contribution in [-0.4, -0.2) is 20.9 Å². The van der Waals surface area contributed by atoms with E-state index in [0.29, 0.717) is 0 Å². The third kappa shape index (κ3) is 1.73. The lowest BCUT2D eigenvalue weighted by atomic mass is 10.2. The van der Waals surface area contributed by atoms with Crippen molar-refractivity contribution < 1.29 is 18.7 Å². The Kier molecular flexibility index (Phi) is 2.55. The Balaban J connectivity index is 3.17. The quantitative estimate of drug-likeness (QED) is 0.813. The van der Waals surface area contributed by atoms with Crippen molar-refractivity contribution in [1.82, 2.24) is 9.78 Å². The van der Waals surface area contributed by atoms with E-state index in [1.54, 1.807) is 0 Å². The number of nitrogens with zero attached hydrogens (tertiary/aromatic N) is 2. The van der Waals surface area contributed by atoms with Crippen molar-refractivity contribution in [3.63, 3.8) is 0 Å². The number of hydrogen-bond donors (Lipinski definition) is 1. The first-order valence-corrected chi connectivity index (χ1v) is 4.04. The standard InChI is InChI=1S/C8H10F2N2O2/c1-3-8(9,10)6-4-5(7(13)14)11-12(6)2/h4H,3H2,1-2H3,(H,13,14). The van der Waals surface area contributed by atoms with E-state index in [4.69, 9.17) is 5.11 Å². The highest BCUT2D eigenvalue weighted by atomic mass is 19.3. The van der Waals surface area contributed by atoms with E-state index >= 15 is 0 Å². The second-order valence-electron chi connectivity index (χ2n) is 2.90. The van der Waals surface area contributed by atoms with Gasteiger partial charge in [-0.25, -0.2) is 4.79 Å². The normalized spacial score (nSPS) is 11.7. The molecule has 0 radical (unpaired) electrons. The van der Waals surface area contributed by atoms with Crippen molar-refractivity contribution in [2.75, 3.05) is 0 Å². The molecule has 4 nitrogen and oxygen atoms in total. The topological polar surface area (TPSA) is 55.1 Å². The van der Waals surface area contributed by atoms with Crippen LogP contribution in [0.15, 0.2) is 6.07 Å². The molecule has 0 aromatic carbocycles. The molecule has 0 bridgehead atoms. The number of carboxylic acid groups (broad SMARTS) is 1. The van der Waals surface area contributed by atoms with Crippen molar-refractivity contribution in [2.24, 2.45) is 7.05 Å². The van der Waals surface area contributed by atoms with Crippen LogP contribution >= 0.6 is 0 Å². The molecule has 0 aliphatic heterocycles. The van der Waals surface area contributed by atoms with Crippen molar-refractivity contribution in [2.45, 2.75) is 19.3 Å². The van der Waals surface area contributed by atoms with Gasteiger partial charge in [0.15, 0.2) is 5.69 Å². The second-order valence-corrected chi connectivity index (χ2v) is 2.90. The van der Waals surface area contributed by atoms with Gasteiger partial charge < -0.3 is 5.11 Å². The zero-order chi connectivity index (χ0) is 10.9. The summed E-state index contributed by atoms with van der Waals surface area (Å²) < 4.78 is 27.2.